The van der Waals surface area contributed by atoms with Gasteiger partial charge < -0.3 is 14.4 Å². The minimum absolute atomic E-state index is 0.203. The number of carbonyl (C=O) groups excluding carboxylic acids is 1. The molecule has 0 amide bonds. The summed E-state index contributed by atoms with van der Waals surface area (Å²) in [6.45, 7) is 4.98. The topological polar surface area (TPSA) is 51.7 Å². The van der Waals surface area contributed by atoms with Crippen LogP contribution in [-0.4, -0.2) is 37.3 Å². The molecular formula is C30H32N2O3S. The third-order valence-electron chi connectivity index (χ3n) is 6.72. The Kier molecular flexibility index (Phi) is 7.82. The van der Waals surface area contributed by atoms with Gasteiger partial charge in [0.05, 0.1) is 29.9 Å². The second-order valence-corrected chi connectivity index (χ2v) is 10.3. The van der Waals surface area contributed by atoms with E-state index in [0.29, 0.717) is 19.1 Å². The Bertz CT molecular complexity index is 1300. The van der Waals surface area contributed by atoms with Gasteiger partial charge in [-0.3, -0.25) is 4.79 Å². The number of piperidine rings is 1. The number of benzene rings is 3. The van der Waals surface area contributed by atoms with Crippen LogP contribution in [-0.2, 0) is 16.0 Å². The molecule has 36 heavy (non-hydrogen) atoms. The number of thiazole rings is 1. The van der Waals surface area contributed by atoms with Crippen LogP contribution in [0.3, 0.4) is 0 Å². The van der Waals surface area contributed by atoms with Gasteiger partial charge in [-0.15, -0.1) is 0 Å². The lowest BCUT2D eigenvalue weighted by Crippen LogP contribution is -2.34. The largest absolute Gasteiger partial charge is 0.494 e. The fourth-order valence-corrected chi connectivity index (χ4v) is 5.79. The second-order valence-electron chi connectivity index (χ2n) is 9.24. The number of esters is 1. The number of ether oxygens (including phenoxy) is 2. The number of hydrogen-bond acceptors (Lipinski definition) is 6. The standard InChI is InChI=1S/C30H32N2O3S/c1-2-34-29(33)20-23-7-6-10-26(19-23)35-18-15-22-13-16-32(17-14-22)30-31-27-12-11-25(21-28(27)36-30)24-8-4-3-5-9-24/h3-12,19,21-22H,2,13-18,20H2,1H3. The molecule has 6 heteroatoms. The van der Waals surface area contributed by atoms with Crippen molar-refractivity contribution in [1.29, 1.82) is 0 Å². The van der Waals surface area contributed by atoms with Gasteiger partial charge in [-0.1, -0.05) is 59.9 Å². The molecule has 0 aliphatic carbocycles. The Labute approximate surface area is 216 Å². The molecule has 1 aromatic heterocycles. The van der Waals surface area contributed by atoms with E-state index in [1.54, 1.807) is 11.3 Å². The van der Waals surface area contributed by atoms with Crippen LogP contribution in [0.4, 0.5) is 5.13 Å². The summed E-state index contributed by atoms with van der Waals surface area (Å²) >= 11 is 1.79. The van der Waals surface area contributed by atoms with Crippen LogP contribution in [0.2, 0.25) is 0 Å². The van der Waals surface area contributed by atoms with Crippen molar-refractivity contribution in [1.82, 2.24) is 4.98 Å². The predicted octanol–water partition coefficient (Wildman–Crippen LogP) is 6.75. The fourth-order valence-electron chi connectivity index (χ4n) is 4.74. The molecule has 1 aliphatic heterocycles. The molecule has 0 bridgehead atoms. The molecule has 1 saturated heterocycles. The van der Waals surface area contributed by atoms with E-state index in [1.165, 1.54) is 15.8 Å². The van der Waals surface area contributed by atoms with Crippen molar-refractivity contribution in [2.75, 3.05) is 31.2 Å². The molecule has 3 aromatic carbocycles. The quantitative estimate of drug-likeness (QED) is 0.238. The molecular weight excluding hydrogens is 468 g/mol. The predicted molar refractivity (Wildman–Crippen MR) is 147 cm³/mol. The summed E-state index contributed by atoms with van der Waals surface area (Å²) in [7, 11) is 0. The Morgan fingerprint density at radius 1 is 1.00 bits per heavy atom. The number of anilines is 1. The molecule has 5 nitrogen and oxygen atoms in total. The number of carbonyl (C=O) groups is 1. The lowest BCUT2D eigenvalue weighted by Gasteiger charge is -2.31. The highest BCUT2D eigenvalue weighted by Crippen LogP contribution is 2.34. The first-order valence-electron chi connectivity index (χ1n) is 12.8. The molecule has 0 unspecified atom stereocenters. The van der Waals surface area contributed by atoms with Crippen LogP contribution in [0.25, 0.3) is 21.3 Å². The minimum atomic E-state index is -0.203. The van der Waals surface area contributed by atoms with Crippen molar-refractivity contribution in [3.8, 4) is 16.9 Å². The molecule has 0 N–H and O–H groups in total. The van der Waals surface area contributed by atoms with Crippen LogP contribution in [0.5, 0.6) is 5.75 Å². The zero-order chi connectivity index (χ0) is 24.7. The fraction of sp³-hybridized carbons (Fsp3) is 0.333. The first-order chi connectivity index (χ1) is 17.7. The van der Waals surface area contributed by atoms with E-state index < -0.39 is 0 Å². The molecule has 1 aliphatic rings. The van der Waals surface area contributed by atoms with Crippen molar-refractivity contribution >= 4 is 32.7 Å². The summed E-state index contributed by atoms with van der Waals surface area (Å²) in [5.74, 6) is 1.27. The van der Waals surface area contributed by atoms with E-state index in [0.717, 1.165) is 54.3 Å². The van der Waals surface area contributed by atoms with Crippen molar-refractivity contribution in [3.05, 3.63) is 78.4 Å². The molecule has 0 saturated carbocycles. The van der Waals surface area contributed by atoms with Gasteiger partial charge in [0.15, 0.2) is 5.13 Å². The number of rotatable bonds is 9. The Morgan fingerprint density at radius 2 is 1.83 bits per heavy atom. The number of nitrogens with zero attached hydrogens (tertiary/aromatic N) is 2. The van der Waals surface area contributed by atoms with E-state index >= 15 is 0 Å². The Morgan fingerprint density at radius 3 is 2.64 bits per heavy atom. The molecule has 0 atom stereocenters. The van der Waals surface area contributed by atoms with E-state index in [2.05, 4.69) is 53.4 Å². The number of hydrogen-bond donors (Lipinski definition) is 0. The molecule has 0 spiro atoms. The molecule has 4 aromatic rings. The molecule has 186 valence electrons. The zero-order valence-electron chi connectivity index (χ0n) is 20.7. The van der Waals surface area contributed by atoms with Crippen molar-refractivity contribution in [2.45, 2.75) is 32.6 Å². The maximum absolute atomic E-state index is 11.7. The van der Waals surface area contributed by atoms with Crippen molar-refractivity contribution < 1.29 is 14.3 Å². The molecule has 5 rings (SSSR count). The third-order valence-corrected chi connectivity index (χ3v) is 7.80. The molecule has 2 heterocycles. The lowest BCUT2D eigenvalue weighted by molar-refractivity contribution is -0.142. The smallest absolute Gasteiger partial charge is 0.310 e. The van der Waals surface area contributed by atoms with Crippen LogP contribution in [0, 0.1) is 5.92 Å². The second kappa shape index (κ2) is 11.6. The van der Waals surface area contributed by atoms with Gasteiger partial charge >= 0.3 is 5.97 Å². The number of aromatic nitrogens is 1. The monoisotopic (exact) mass is 500 g/mol. The Hall–Kier alpha value is -3.38. The molecule has 1 fully saturated rings. The van der Waals surface area contributed by atoms with Gasteiger partial charge in [-0.05, 0) is 73.1 Å². The minimum Gasteiger partial charge on any atom is -0.494 e. The highest BCUT2D eigenvalue weighted by atomic mass is 32.1. The maximum atomic E-state index is 11.7. The first-order valence-corrected chi connectivity index (χ1v) is 13.6. The van der Waals surface area contributed by atoms with E-state index in [9.17, 15) is 4.79 Å². The van der Waals surface area contributed by atoms with Gasteiger partial charge in [0, 0.05) is 13.1 Å². The zero-order valence-corrected chi connectivity index (χ0v) is 21.5. The first kappa shape index (κ1) is 24.3. The summed E-state index contributed by atoms with van der Waals surface area (Å²) in [6, 6.07) is 24.8. The average molecular weight is 501 g/mol. The normalized spacial score (nSPS) is 14.2. The van der Waals surface area contributed by atoms with E-state index in [-0.39, 0.29) is 12.4 Å². The SMILES string of the molecule is CCOC(=O)Cc1cccc(OCCC2CCN(c3nc4ccc(-c5ccccc5)cc4s3)CC2)c1. The van der Waals surface area contributed by atoms with Crippen LogP contribution < -0.4 is 9.64 Å². The van der Waals surface area contributed by atoms with E-state index in [1.807, 2.05) is 31.2 Å². The van der Waals surface area contributed by atoms with Crippen LogP contribution in [0.15, 0.2) is 72.8 Å². The number of fused-ring (bicyclic) bond motifs is 1. The Balaban J connectivity index is 1.11. The third kappa shape index (κ3) is 6.05. The van der Waals surface area contributed by atoms with Gasteiger partial charge in [-0.2, -0.15) is 0 Å². The lowest BCUT2D eigenvalue weighted by atomic mass is 9.94. The van der Waals surface area contributed by atoms with Gasteiger partial charge in [0.2, 0.25) is 0 Å². The van der Waals surface area contributed by atoms with Crippen LogP contribution in [0.1, 0.15) is 31.7 Å². The average Bonchev–Trinajstić information content (AvgIpc) is 3.33. The highest BCUT2D eigenvalue weighted by molar-refractivity contribution is 7.22. The van der Waals surface area contributed by atoms with Crippen molar-refractivity contribution in [2.24, 2.45) is 5.92 Å². The summed E-state index contributed by atoms with van der Waals surface area (Å²) in [5.41, 5.74) is 4.48. The maximum Gasteiger partial charge on any atom is 0.310 e. The van der Waals surface area contributed by atoms with Gasteiger partial charge in [-0.25, -0.2) is 4.98 Å². The van der Waals surface area contributed by atoms with E-state index in [4.69, 9.17) is 14.5 Å². The summed E-state index contributed by atoms with van der Waals surface area (Å²) in [4.78, 5) is 19.1. The highest BCUT2D eigenvalue weighted by Gasteiger charge is 2.22. The van der Waals surface area contributed by atoms with Gasteiger partial charge in [0.1, 0.15) is 5.75 Å². The summed E-state index contributed by atoms with van der Waals surface area (Å²) in [6.07, 6.45) is 3.62. The van der Waals surface area contributed by atoms with Crippen LogP contribution >= 0.6 is 11.3 Å². The molecule has 0 radical (unpaired) electrons. The van der Waals surface area contributed by atoms with Crippen molar-refractivity contribution in [3.63, 3.8) is 0 Å². The summed E-state index contributed by atoms with van der Waals surface area (Å²) < 4.78 is 12.3. The summed E-state index contributed by atoms with van der Waals surface area (Å²) in [5, 5.41) is 1.13. The van der Waals surface area contributed by atoms with Gasteiger partial charge in [0.25, 0.3) is 0 Å².